The van der Waals surface area contributed by atoms with Gasteiger partial charge in [0.15, 0.2) is 0 Å². The molecule has 80 valence electrons. The minimum atomic E-state index is 0.293. The van der Waals surface area contributed by atoms with Gasteiger partial charge in [-0.25, -0.2) is 0 Å². The first-order valence-corrected chi connectivity index (χ1v) is 4.96. The third-order valence-corrected chi connectivity index (χ3v) is 2.03. The van der Waals surface area contributed by atoms with Gasteiger partial charge in [0.1, 0.15) is 30.8 Å². The Morgan fingerprint density at radius 2 is 1.87 bits per heavy atom. The molecule has 1 saturated heterocycles. The molecule has 0 spiro atoms. The predicted octanol–water partition coefficient (Wildman–Crippen LogP) is 2.03. The first-order valence-electron chi connectivity index (χ1n) is 4.96. The largest absolute Gasteiger partial charge is 0.491 e. The fraction of sp³-hybridized carbons (Fsp3) is 0.333. The van der Waals surface area contributed by atoms with E-state index in [1.807, 2.05) is 24.3 Å². The molecule has 0 unspecified atom stereocenters. The smallest absolute Gasteiger partial charge is 0.120 e. The Bertz CT molecular complexity index is 314. The van der Waals surface area contributed by atoms with Gasteiger partial charge in [-0.2, -0.15) is 0 Å². The molecule has 3 heteroatoms. The number of hydrogen-bond donors (Lipinski definition) is 0. The summed E-state index contributed by atoms with van der Waals surface area (Å²) in [5, 5.41) is 0. The van der Waals surface area contributed by atoms with Gasteiger partial charge >= 0.3 is 0 Å². The summed E-state index contributed by atoms with van der Waals surface area (Å²) in [6.07, 6.45) is 2.01. The van der Waals surface area contributed by atoms with Gasteiger partial charge in [0.25, 0.3) is 0 Å². The molecule has 3 nitrogen and oxygen atoms in total. The van der Waals surface area contributed by atoms with Crippen LogP contribution in [0.2, 0.25) is 0 Å². The molecule has 2 rings (SSSR count). The second kappa shape index (κ2) is 4.84. The highest BCUT2D eigenvalue weighted by atomic mass is 16.6. The van der Waals surface area contributed by atoms with Crippen LogP contribution in [0.1, 0.15) is 0 Å². The molecule has 0 saturated carbocycles. The first-order chi connectivity index (χ1) is 7.38. The zero-order chi connectivity index (χ0) is 10.5. The molecular weight excluding hydrogens is 192 g/mol. The van der Waals surface area contributed by atoms with Gasteiger partial charge in [-0.3, -0.25) is 0 Å². The zero-order valence-electron chi connectivity index (χ0n) is 8.52. The van der Waals surface area contributed by atoms with Crippen LogP contribution >= 0.6 is 0 Å². The molecule has 1 aromatic carbocycles. The molecule has 0 N–H and O–H groups in total. The topological polar surface area (TPSA) is 31.0 Å². The summed E-state index contributed by atoms with van der Waals surface area (Å²) in [4.78, 5) is 0. The van der Waals surface area contributed by atoms with E-state index in [9.17, 15) is 0 Å². The SMILES string of the molecule is C=CCOc1ccc(OC[C@@H]2CO2)cc1. The Labute approximate surface area is 89.3 Å². The zero-order valence-corrected chi connectivity index (χ0v) is 8.52. The average Bonchev–Trinajstić information content (AvgIpc) is 3.09. The van der Waals surface area contributed by atoms with Crippen molar-refractivity contribution in [3.05, 3.63) is 36.9 Å². The van der Waals surface area contributed by atoms with Crippen molar-refractivity contribution in [3.8, 4) is 11.5 Å². The van der Waals surface area contributed by atoms with E-state index in [1.165, 1.54) is 0 Å². The van der Waals surface area contributed by atoms with E-state index in [-0.39, 0.29) is 0 Å². The van der Waals surface area contributed by atoms with E-state index in [0.717, 1.165) is 18.1 Å². The Morgan fingerprint density at radius 3 is 2.40 bits per heavy atom. The summed E-state index contributed by atoms with van der Waals surface area (Å²) in [7, 11) is 0. The Morgan fingerprint density at radius 1 is 1.27 bits per heavy atom. The minimum absolute atomic E-state index is 0.293. The van der Waals surface area contributed by atoms with Gasteiger partial charge < -0.3 is 14.2 Å². The van der Waals surface area contributed by atoms with Crippen LogP contribution in [-0.2, 0) is 4.74 Å². The number of epoxide rings is 1. The molecule has 1 aliphatic rings. The highest BCUT2D eigenvalue weighted by Gasteiger charge is 2.22. The summed E-state index contributed by atoms with van der Waals surface area (Å²) in [5.74, 6) is 1.67. The fourth-order valence-corrected chi connectivity index (χ4v) is 1.14. The van der Waals surface area contributed by atoms with Crippen molar-refractivity contribution in [2.24, 2.45) is 0 Å². The van der Waals surface area contributed by atoms with E-state index in [0.29, 0.717) is 19.3 Å². The lowest BCUT2D eigenvalue weighted by Crippen LogP contribution is -2.03. The van der Waals surface area contributed by atoms with E-state index in [1.54, 1.807) is 6.08 Å². The summed E-state index contributed by atoms with van der Waals surface area (Å²) in [6.45, 7) is 5.56. The standard InChI is InChI=1S/C12H14O3/c1-2-7-13-10-3-5-11(6-4-10)14-8-12-9-15-12/h2-6,12H,1,7-9H2/t12-/m1/s1. The van der Waals surface area contributed by atoms with E-state index >= 15 is 0 Å². The second-order valence-electron chi connectivity index (χ2n) is 3.34. The van der Waals surface area contributed by atoms with Crippen molar-refractivity contribution < 1.29 is 14.2 Å². The normalized spacial score (nSPS) is 18.3. The van der Waals surface area contributed by atoms with Crippen LogP contribution < -0.4 is 9.47 Å². The van der Waals surface area contributed by atoms with Crippen LogP contribution in [0, 0.1) is 0 Å². The van der Waals surface area contributed by atoms with Gasteiger partial charge in [0, 0.05) is 0 Å². The molecule has 0 amide bonds. The Balaban J connectivity index is 1.82. The molecule has 1 aromatic rings. The second-order valence-corrected chi connectivity index (χ2v) is 3.34. The number of hydrogen-bond acceptors (Lipinski definition) is 3. The van der Waals surface area contributed by atoms with E-state index in [2.05, 4.69) is 6.58 Å². The van der Waals surface area contributed by atoms with Crippen LogP contribution in [0.5, 0.6) is 11.5 Å². The maximum atomic E-state index is 5.49. The third-order valence-electron chi connectivity index (χ3n) is 2.03. The van der Waals surface area contributed by atoms with Crippen LogP contribution in [0.4, 0.5) is 0 Å². The first kappa shape index (κ1) is 10.1. The molecule has 0 aromatic heterocycles. The van der Waals surface area contributed by atoms with Crippen molar-refractivity contribution >= 4 is 0 Å². The van der Waals surface area contributed by atoms with Crippen molar-refractivity contribution in [1.82, 2.24) is 0 Å². The lowest BCUT2D eigenvalue weighted by Gasteiger charge is -2.06. The lowest BCUT2D eigenvalue weighted by molar-refractivity contribution is 0.262. The van der Waals surface area contributed by atoms with Crippen molar-refractivity contribution in [2.45, 2.75) is 6.10 Å². The van der Waals surface area contributed by atoms with Crippen LogP contribution in [-0.4, -0.2) is 25.9 Å². The summed E-state index contributed by atoms with van der Waals surface area (Å²) >= 11 is 0. The van der Waals surface area contributed by atoms with Gasteiger partial charge in [-0.05, 0) is 24.3 Å². The van der Waals surface area contributed by atoms with Crippen molar-refractivity contribution in [2.75, 3.05) is 19.8 Å². The van der Waals surface area contributed by atoms with Crippen molar-refractivity contribution in [3.63, 3.8) is 0 Å². The molecule has 1 aliphatic heterocycles. The van der Waals surface area contributed by atoms with Gasteiger partial charge in [0.05, 0.1) is 6.61 Å². The average molecular weight is 206 g/mol. The summed E-state index contributed by atoms with van der Waals surface area (Å²) in [6, 6.07) is 7.54. The number of rotatable bonds is 6. The molecule has 0 bridgehead atoms. The minimum Gasteiger partial charge on any atom is -0.491 e. The highest BCUT2D eigenvalue weighted by molar-refractivity contribution is 5.31. The highest BCUT2D eigenvalue weighted by Crippen LogP contribution is 2.19. The van der Waals surface area contributed by atoms with Crippen LogP contribution in [0.15, 0.2) is 36.9 Å². The molecule has 1 fully saturated rings. The predicted molar refractivity (Wildman–Crippen MR) is 57.4 cm³/mol. The molecular formula is C12H14O3. The maximum Gasteiger partial charge on any atom is 0.120 e. The van der Waals surface area contributed by atoms with Crippen molar-refractivity contribution in [1.29, 1.82) is 0 Å². The number of ether oxygens (including phenoxy) is 3. The molecule has 0 radical (unpaired) electrons. The number of benzene rings is 1. The summed E-state index contributed by atoms with van der Waals surface area (Å²) < 4.78 is 15.9. The molecule has 15 heavy (non-hydrogen) atoms. The van der Waals surface area contributed by atoms with Crippen LogP contribution in [0.3, 0.4) is 0 Å². The van der Waals surface area contributed by atoms with E-state index < -0.39 is 0 Å². The molecule has 1 heterocycles. The fourth-order valence-electron chi connectivity index (χ4n) is 1.14. The third kappa shape index (κ3) is 3.29. The van der Waals surface area contributed by atoms with E-state index in [4.69, 9.17) is 14.2 Å². The van der Waals surface area contributed by atoms with Gasteiger partial charge in [-0.15, -0.1) is 0 Å². The van der Waals surface area contributed by atoms with Gasteiger partial charge in [-0.1, -0.05) is 12.7 Å². The van der Waals surface area contributed by atoms with Crippen LogP contribution in [0.25, 0.3) is 0 Å². The Hall–Kier alpha value is -1.48. The maximum absolute atomic E-state index is 5.49. The Kier molecular flexibility index (Phi) is 3.25. The monoisotopic (exact) mass is 206 g/mol. The lowest BCUT2D eigenvalue weighted by atomic mass is 10.3. The van der Waals surface area contributed by atoms with Gasteiger partial charge in [0.2, 0.25) is 0 Å². The quantitative estimate of drug-likeness (QED) is 0.527. The molecule has 1 atom stereocenters. The molecule has 0 aliphatic carbocycles. The summed E-state index contributed by atoms with van der Waals surface area (Å²) in [5.41, 5.74) is 0.